The fourth-order valence-corrected chi connectivity index (χ4v) is 4.55. The van der Waals surface area contributed by atoms with Crippen molar-refractivity contribution in [2.24, 2.45) is 16.3 Å². The van der Waals surface area contributed by atoms with Crippen molar-refractivity contribution >= 4 is 11.9 Å². The number of hydrogen-bond donors (Lipinski definition) is 4. The van der Waals surface area contributed by atoms with Gasteiger partial charge in [0.1, 0.15) is 0 Å². The van der Waals surface area contributed by atoms with Gasteiger partial charge < -0.3 is 21.1 Å². The van der Waals surface area contributed by atoms with Gasteiger partial charge in [-0.1, -0.05) is 32.1 Å². The van der Waals surface area contributed by atoms with Crippen LogP contribution in [-0.4, -0.2) is 49.8 Å². The molecule has 0 aromatic rings. The largest absolute Gasteiger partial charge is 0.396 e. The van der Waals surface area contributed by atoms with Gasteiger partial charge in [-0.3, -0.25) is 9.79 Å². The van der Waals surface area contributed by atoms with Crippen molar-refractivity contribution in [3.63, 3.8) is 0 Å². The summed E-state index contributed by atoms with van der Waals surface area (Å²) in [6.07, 6.45) is 12.6. The van der Waals surface area contributed by atoms with Crippen LogP contribution in [0.25, 0.3) is 0 Å². The number of nitrogens with one attached hydrogen (secondary N) is 3. The fourth-order valence-electron chi connectivity index (χ4n) is 4.55. The van der Waals surface area contributed by atoms with Crippen molar-refractivity contribution in [3.8, 4) is 0 Å². The van der Waals surface area contributed by atoms with Gasteiger partial charge in [0.05, 0.1) is 0 Å². The predicted octanol–water partition coefficient (Wildman–Crippen LogP) is 2.57. The first-order valence-electron chi connectivity index (χ1n) is 11.1. The van der Waals surface area contributed by atoms with E-state index in [0.29, 0.717) is 25.4 Å². The van der Waals surface area contributed by atoms with E-state index in [-0.39, 0.29) is 17.9 Å². The maximum atomic E-state index is 12.0. The molecule has 2 rings (SSSR count). The normalized spacial score (nSPS) is 20.4. The predicted molar refractivity (Wildman–Crippen MR) is 111 cm³/mol. The summed E-state index contributed by atoms with van der Waals surface area (Å²) in [5.41, 5.74) is 0.158. The van der Waals surface area contributed by atoms with E-state index in [1.165, 1.54) is 44.9 Å². The Balaban J connectivity index is 1.72. The highest BCUT2D eigenvalue weighted by Crippen LogP contribution is 2.39. The lowest BCUT2D eigenvalue weighted by atomic mass is 9.72. The lowest BCUT2D eigenvalue weighted by molar-refractivity contribution is -0.121. The third-order valence-electron chi connectivity index (χ3n) is 6.16. The first-order valence-corrected chi connectivity index (χ1v) is 11.1. The number of aliphatic hydroxyl groups is 1. The van der Waals surface area contributed by atoms with E-state index in [1.807, 2.05) is 0 Å². The van der Waals surface area contributed by atoms with E-state index < -0.39 is 0 Å². The molecular formula is C21H40N4O2. The minimum atomic E-state index is 0.158. The molecular weight excluding hydrogens is 340 g/mol. The van der Waals surface area contributed by atoms with E-state index in [9.17, 15) is 9.90 Å². The van der Waals surface area contributed by atoms with E-state index in [0.717, 1.165) is 38.3 Å². The summed E-state index contributed by atoms with van der Waals surface area (Å²) in [4.78, 5) is 16.8. The van der Waals surface area contributed by atoms with E-state index in [1.54, 1.807) is 0 Å². The molecule has 0 saturated heterocycles. The van der Waals surface area contributed by atoms with Crippen LogP contribution in [0.5, 0.6) is 0 Å². The molecule has 27 heavy (non-hydrogen) atoms. The lowest BCUT2D eigenvalue weighted by Gasteiger charge is -2.35. The summed E-state index contributed by atoms with van der Waals surface area (Å²) in [5.74, 6) is 1.58. The summed E-state index contributed by atoms with van der Waals surface area (Å²) in [7, 11) is 0. The average molecular weight is 381 g/mol. The lowest BCUT2D eigenvalue weighted by Crippen LogP contribution is -2.42. The molecule has 0 radical (unpaired) electrons. The molecule has 156 valence electrons. The number of carbonyl (C=O) groups is 1. The van der Waals surface area contributed by atoms with Gasteiger partial charge in [-0.2, -0.15) is 0 Å². The molecule has 6 heteroatoms. The number of hydrogen-bond acceptors (Lipinski definition) is 3. The van der Waals surface area contributed by atoms with Gasteiger partial charge in [-0.15, -0.1) is 0 Å². The van der Waals surface area contributed by atoms with E-state index >= 15 is 0 Å². The van der Waals surface area contributed by atoms with Crippen LogP contribution in [0.15, 0.2) is 4.99 Å². The van der Waals surface area contributed by atoms with Gasteiger partial charge in [-0.25, -0.2) is 0 Å². The van der Waals surface area contributed by atoms with Crippen LogP contribution < -0.4 is 16.0 Å². The molecule has 0 atom stereocenters. The zero-order chi connectivity index (χ0) is 19.4. The minimum absolute atomic E-state index is 0.158. The maximum absolute atomic E-state index is 12.0. The topological polar surface area (TPSA) is 85.8 Å². The number of amides is 1. The first kappa shape index (κ1) is 22.0. The monoisotopic (exact) mass is 380 g/mol. The van der Waals surface area contributed by atoms with Crippen molar-refractivity contribution in [2.45, 2.75) is 77.6 Å². The number of rotatable bonds is 10. The van der Waals surface area contributed by atoms with Crippen molar-refractivity contribution in [1.82, 2.24) is 16.0 Å². The van der Waals surface area contributed by atoms with Crippen molar-refractivity contribution in [2.75, 3.05) is 32.8 Å². The molecule has 0 bridgehead atoms. The first-order chi connectivity index (χ1) is 13.2. The fraction of sp³-hybridized carbons (Fsp3) is 0.905. The molecule has 6 nitrogen and oxygen atoms in total. The van der Waals surface area contributed by atoms with Gasteiger partial charge >= 0.3 is 0 Å². The van der Waals surface area contributed by atoms with Crippen molar-refractivity contribution in [3.05, 3.63) is 0 Å². The van der Waals surface area contributed by atoms with Crippen molar-refractivity contribution < 1.29 is 9.90 Å². The number of guanidine groups is 1. The van der Waals surface area contributed by atoms with Crippen LogP contribution in [0.1, 0.15) is 77.6 Å². The van der Waals surface area contributed by atoms with Crippen LogP contribution in [0, 0.1) is 11.3 Å². The standard InChI is InChI=1S/C21H40N4O2/c1-2-22-20(25-17-21(12-15-26)10-6-3-7-11-21)24-14-13-23-19(27)16-18-8-4-5-9-18/h18,26H,2-17H2,1H3,(H,23,27)(H2,22,24,25). The Bertz CT molecular complexity index is 450. The molecule has 0 aromatic heterocycles. The molecule has 2 saturated carbocycles. The second-order valence-corrected chi connectivity index (χ2v) is 8.36. The van der Waals surface area contributed by atoms with Gasteiger partial charge in [0, 0.05) is 39.2 Å². The van der Waals surface area contributed by atoms with Gasteiger partial charge in [0.25, 0.3) is 0 Å². The summed E-state index contributed by atoms with van der Waals surface area (Å²) < 4.78 is 0. The highest BCUT2D eigenvalue weighted by Gasteiger charge is 2.31. The van der Waals surface area contributed by atoms with Gasteiger partial charge in [0.2, 0.25) is 5.91 Å². The highest BCUT2D eigenvalue weighted by molar-refractivity contribution is 5.80. The second kappa shape index (κ2) is 12.2. The molecule has 0 heterocycles. The number of aliphatic hydroxyl groups excluding tert-OH is 1. The molecule has 0 aliphatic heterocycles. The number of nitrogens with zero attached hydrogens (tertiary/aromatic N) is 1. The Morgan fingerprint density at radius 2 is 1.74 bits per heavy atom. The van der Waals surface area contributed by atoms with E-state index in [4.69, 9.17) is 4.99 Å². The zero-order valence-electron chi connectivity index (χ0n) is 17.2. The third-order valence-corrected chi connectivity index (χ3v) is 6.16. The van der Waals surface area contributed by atoms with Crippen molar-refractivity contribution in [1.29, 1.82) is 0 Å². The summed E-state index contributed by atoms with van der Waals surface area (Å²) in [6.45, 7) is 5.17. The number of aliphatic imine (C=N–C) groups is 1. The van der Waals surface area contributed by atoms with E-state index in [2.05, 4.69) is 22.9 Å². The van der Waals surface area contributed by atoms with Crippen LogP contribution in [0.2, 0.25) is 0 Å². The summed E-state index contributed by atoms with van der Waals surface area (Å²) >= 11 is 0. The van der Waals surface area contributed by atoms with Gasteiger partial charge in [-0.05, 0) is 50.4 Å². The molecule has 2 aliphatic carbocycles. The highest BCUT2D eigenvalue weighted by atomic mass is 16.3. The van der Waals surface area contributed by atoms with Gasteiger partial charge in [0.15, 0.2) is 5.96 Å². The molecule has 2 fully saturated rings. The molecule has 1 amide bonds. The quantitative estimate of drug-likeness (QED) is 0.267. The average Bonchev–Trinajstić information content (AvgIpc) is 3.17. The molecule has 4 N–H and O–H groups in total. The molecule has 0 unspecified atom stereocenters. The summed E-state index contributed by atoms with van der Waals surface area (Å²) in [5, 5.41) is 19.1. The summed E-state index contributed by atoms with van der Waals surface area (Å²) in [6, 6.07) is 0. The molecule has 0 spiro atoms. The zero-order valence-corrected chi connectivity index (χ0v) is 17.2. The van der Waals surface area contributed by atoms with Crippen LogP contribution in [0.3, 0.4) is 0 Å². The second-order valence-electron chi connectivity index (χ2n) is 8.36. The Hall–Kier alpha value is -1.30. The third kappa shape index (κ3) is 8.08. The Labute approximate surface area is 165 Å². The smallest absolute Gasteiger partial charge is 0.220 e. The van der Waals surface area contributed by atoms with Crippen LogP contribution in [0.4, 0.5) is 0 Å². The minimum Gasteiger partial charge on any atom is -0.396 e. The Morgan fingerprint density at radius 3 is 2.41 bits per heavy atom. The molecule has 2 aliphatic rings. The van der Waals surface area contributed by atoms with Crippen LogP contribution >= 0.6 is 0 Å². The number of carbonyl (C=O) groups excluding carboxylic acids is 1. The Kier molecular flexibility index (Phi) is 9.95. The SMILES string of the molecule is CCNC(=NCC1(CCO)CCCCC1)NCCNC(=O)CC1CCCC1. The van der Waals surface area contributed by atoms with Crippen LogP contribution in [-0.2, 0) is 4.79 Å². The molecule has 0 aromatic carbocycles. The maximum Gasteiger partial charge on any atom is 0.220 e. The Morgan fingerprint density at radius 1 is 1.04 bits per heavy atom.